The zero-order chi connectivity index (χ0) is 20.1. The molecule has 1 N–H and O–H groups in total. The minimum atomic E-state index is -0.467. The van der Waals surface area contributed by atoms with Gasteiger partial charge in [0.2, 0.25) is 11.8 Å². The molecule has 2 aromatic rings. The number of carbonyl (C=O) groups excluding carboxylic acids is 2. The molecule has 0 atom stereocenters. The van der Waals surface area contributed by atoms with E-state index in [0.717, 1.165) is 18.8 Å². The van der Waals surface area contributed by atoms with E-state index < -0.39 is 4.92 Å². The van der Waals surface area contributed by atoms with Crippen molar-refractivity contribution in [2.24, 2.45) is 0 Å². The molecule has 0 spiro atoms. The zero-order valence-corrected chi connectivity index (χ0v) is 15.6. The monoisotopic (exact) mass is 382 g/mol. The van der Waals surface area contributed by atoms with Gasteiger partial charge in [-0.05, 0) is 29.8 Å². The van der Waals surface area contributed by atoms with Crippen LogP contribution >= 0.6 is 0 Å². The molecule has 2 aromatic carbocycles. The van der Waals surface area contributed by atoms with Crippen molar-refractivity contribution in [1.82, 2.24) is 4.90 Å². The second-order valence-electron chi connectivity index (χ2n) is 6.69. The van der Waals surface area contributed by atoms with E-state index in [1.54, 1.807) is 19.1 Å². The van der Waals surface area contributed by atoms with Gasteiger partial charge in [-0.1, -0.05) is 12.1 Å². The van der Waals surface area contributed by atoms with Gasteiger partial charge in [-0.15, -0.1) is 0 Å². The largest absolute Gasteiger partial charge is 0.368 e. The summed E-state index contributed by atoms with van der Waals surface area (Å²) in [6.45, 7) is 4.58. The quantitative estimate of drug-likeness (QED) is 0.633. The molecular formula is C20H22N4O4. The molecule has 3 rings (SSSR count). The minimum absolute atomic E-state index is 0.00360. The van der Waals surface area contributed by atoms with Crippen molar-refractivity contribution in [2.75, 3.05) is 36.4 Å². The third-order valence-corrected chi connectivity index (χ3v) is 4.75. The summed E-state index contributed by atoms with van der Waals surface area (Å²) in [6.07, 6.45) is 0.146. The standard InChI is InChI=1S/C20H22N4O4/c1-15(25)22-10-12-23(13-11-22)18-8-4-17(5-9-18)21-20(26)14-16-2-6-19(7-3-16)24(27)28/h2-9H,10-14H2,1H3,(H,21,26). The topological polar surface area (TPSA) is 95.8 Å². The van der Waals surface area contributed by atoms with Gasteiger partial charge in [0, 0.05) is 56.6 Å². The molecule has 8 heteroatoms. The highest BCUT2D eigenvalue weighted by atomic mass is 16.6. The van der Waals surface area contributed by atoms with Crippen LogP contribution in [0.3, 0.4) is 0 Å². The summed E-state index contributed by atoms with van der Waals surface area (Å²) in [6, 6.07) is 13.5. The van der Waals surface area contributed by atoms with Gasteiger partial charge >= 0.3 is 0 Å². The van der Waals surface area contributed by atoms with Gasteiger partial charge in [0.1, 0.15) is 0 Å². The Kier molecular flexibility index (Phi) is 5.88. The smallest absolute Gasteiger partial charge is 0.269 e. The van der Waals surface area contributed by atoms with Gasteiger partial charge in [-0.3, -0.25) is 19.7 Å². The lowest BCUT2D eigenvalue weighted by Crippen LogP contribution is -2.48. The molecule has 1 fully saturated rings. The molecule has 2 amide bonds. The molecule has 1 aliphatic rings. The van der Waals surface area contributed by atoms with Crippen LogP contribution in [-0.4, -0.2) is 47.8 Å². The molecule has 1 aliphatic heterocycles. The average Bonchev–Trinajstić information content (AvgIpc) is 2.69. The summed E-state index contributed by atoms with van der Waals surface area (Å²) in [5.41, 5.74) is 2.46. The van der Waals surface area contributed by atoms with Crippen molar-refractivity contribution in [2.45, 2.75) is 13.3 Å². The number of amides is 2. The van der Waals surface area contributed by atoms with Crippen LogP contribution in [0.15, 0.2) is 48.5 Å². The van der Waals surface area contributed by atoms with Gasteiger partial charge < -0.3 is 15.1 Å². The molecule has 8 nitrogen and oxygen atoms in total. The van der Waals surface area contributed by atoms with Gasteiger partial charge in [-0.25, -0.2) is 0 Å². The fourth-order valence-electron chi connectivity index (χ4n) is 3.16. The average molecular weight is 382 g/mol. The van der Waals surface area contributed by atoms with Gasteiger partial charge in [0.15, 0.2) is 0 Å². The Morgan fingerprint density at radius 2 is 1.61 bits per heavy atom. The first kappa shape index (κ1) is 19.3. The lowest BCUT2D eigenvalue weighted by atomic mass is 10.1. The summed E-state index contributed by atoms with van der Waals surface area (Å²) in [5.74, 6) is -0.0811. The van der Waals surface area contributed by atoms with E-state index in [1.165, 1.54) is 12.1 Å². The second-order valence-corrected chi connectivity index (χ2v) is 6.69. The third-order valence-electron chi connectivity index (χ3n) is 4.75. The number of non-ortho nitro benzene ring substituents is 1. The lowest BCUT2D eigenvalue weighted by molar-refractivity contribution is -0.384. The van der Waals surface area contributed by atoms with E-state index in [1.807, 2.05) is 29.2 Å². The normalized spacial score (nSPS) is 13.9. The van der Waals surface area contributed by atoms with E-state index in [9.17, 15) is 19.7 Å². The molecule has 28 heavy (non-hydrogen) atoms. The molecule has 1 saturated heterocycles. The number of hydrogen-bond donors (Lipinski definition) is 1. The van der Waals surface area contributed by atoms with Crippen LogP contribution in [0.2, 0.25) is 0 Å². The Labute approximate surface area is 162 Å². The molecule has 0 saturated carbocycles. The first-order chi connectivity index (χ1) is 13.4. The zero-order valence-electron chi connectivity index (χ0n) is 15.6. The van der Waals surface area contributed by atoms with Crippen molar-refractivity contribution in [3.63, 3.8) is 0 Å². The van der Waals surface area contributed by atoms with Crippen LogP contribution in [0, 0.1) is 10.1 Å². The molecular weight excluding hydrogens is 360 g/mol. The third kappa shape index (κ3) is 4.85. The van der Waals surface area contributed by atoms with E-state index >= 15 is 0 Å². The maximum Gasteiger partial charge on any atom is 0.269 e. The SMILES string of the molecule is CC(=O)N1CCN(c2ccc(NC(=O)Cc3ccc([N+](=O)[O-])cc3)cc2)CC1. The number of carbonyl (C=O) groups is 2. The number of nitrogens with zero attached hydrogens (tertiary/aromatic N) is 3. The van der Waals surface area contributed by atoms with E-state index in [2.05, 4.69) is 10.2 Å². The van der Waals surface area contributed by atoms with Crippen LogP contribution in [0.5, 0.6) is 0 Å². The number of anilines is 2. The summed E-state index contributed by atoms with van der Waals surface area (Å²) in [7, 11) is 0. The Bertz CT molecular complexity index is 857. The van der Waals surface area contributed by atoms with Crippen LogP contribution in [0.4, 0.5) is 17.1 Å². The predicted octanol–water partition coefficient (Wildman–Crippen LogP) is 2.44. The Balaban J connectivity index is 1.53. The number of benzene rings is 2. The van der Waals surface area contributed by atoms with Crippen LogP contribution in [0.25, 0.3) is 0 Å². The highest BCUT2D eigenvalue weighted by molar-refractivity contribution is 5.92. The molecule has 0 radical (unpaired) electrons. The van der Waals surface area contributed by atoms with Crippen LogP contribution in [0.1, 0.15) is 12.5 Å². The molecule has 0 unspecified atom stereocenters. The number of hydrogen-bond acceptors (Lipinski definition) is 5. The first-order valence-corrected chi connectivity index (χ1v) is 9.06. The van der Waals surface area contributed by atoms with Crippen molar-refractivity contribution in [3.05, 3.63) is 64.2 Å². The van der Waals surface area contributed by atoms with E-state index in [-0.39, 0.29) is 23.9 Å². The highest BCUT2D eigenvalue weighted by Gasteiger charge is 2.18. The van der Waals surface area contributed by atoms with Gasteiger partial charge in [0.05, 0.1) is 11.3 Å². The molecule has 0 bridgehead atoms. The number of nitro benzene ring substituents is 1. The molecule has 0 aromatic heterocycles. The van der Waals surface area contributed by atoms with Crippen molar-refractivity contribution < 1.29 is 14.5 Å². The predicted molar refractivity (Wildman–Crippen MR) is 106 cm³/mol. The maximum atomic E-state index is 12.2. The Hall–Kier alpha value is -3.42. The van der Waals surface area contributed by atoms with Crippen LogP contribution < -0.4 is 10.2 Å². The highest BCUT2D eigenvalue weighted by Crippen LogP contribution is 2.20. The van der Waals surface area contributed by atoms with E-state index in [0.29, 0.717) is 24.3 Å². The Morgan fingerprint density at radius 3 is 2.14 bits per heavy atom. The van der Waals surface area contributed by atoms with E-state index in [4.69, 9.17) is 0 Å². The number of nitro groups is 1. The summed E-state index contributed by atoms with van der Waals surface area (Å²) in [4.78, 5) is 37.8. The molecule has 146 valence electrons. The van der Waals surface area contributed by atoms with Crippen molar-refractivity contribution in [3.8, 4) is 0 Å². The summed E-state index contributed by atoms with van der Waals surface area (Å²) in [5, 5.41) is 13.5. The Morgan fingerprint density at radius 1 is 1.00 bits per heavy atom. The summed E-state index contributed by atoms with van der Waals surface area (Å²) < 4.78 is 0. The minimum Gasteiger partial charge on any atom is -0.368 e. The maximum absolute atomic E-state index is 12.2. The number of piperazine rings is 1. The van der Waals surface area contributed by atoms with Gasteiger partial charge in [-0.2, -0.15) is 0 Å². The second kappa shape index (κ2) is 8.51. The fraction of sp³-hybridized carbons (Fsp3) is 0.300. The molecule has 0 aliphatic carbocycles. The van der Waals surface area contributed by atoms with Crippen molar-refractivity contribution >= 4 is 28.9 Å². The lowest BCUT2D eigenvalue weighted by Gasteiger charge is -2.35. The van der Waals surface area contributed by atoms with Crippen molar-refractivity contribution in [1.29, 1.82) is 0 Å². The number of rotatable bonds is 5. The summed E-state index contributed by atoms with van der Waals surface area (Å²) >= 11 is 0. The van der Waals surface area contributed by atoms with Crippen LogP contribution in [-0.2, 0) is 16.0 Å². The number of nitrogens with one attached hydrogen (secondary N) is 1. The van der Waals surface area contributed by atoms with Gasteiger partial charge in [0.25, 0.3) is 5.69 Å². The fourth-order valence-corrected chi connectivity index (χ4v) is 3.16. The first-order valence-electron chi connectivity index (χ1n) is 9.06. The molecule has 1 heterocycles.